The van der Waals surface area contributed by atoms with Gasteiger partial charge in [-0.15, -0.1) is 0 Å². The average Bonchev–Trinajstić information content (AvgIpc) is 3.05. The average molecular weight is 444 g/mol. The number of rotatable bonds is 5. The summed E-state index contributed by atoms with van der Waals surface area (Å²) < 4.78 is 34.1. The summed E-state index contributed by atoms with van der Waals surface area (Å²) in [6.07, 6.45) is -3.07. The molecule has 10 heteroatoms. The molecule has 1 amide bonds. The Labute approximate surface area is 184 Å². The molecule has 2 aromatic heterocycles. The van der Waals surface area contributed by atoms with Crippen molar-refractivity contribution in [3.8, 4) is 5.82 Å². The molecule has 0 unspecified atom stereocenters. The van der Waals surface area contributed by atoms with Crippen molar-refractivity contribution >= 4 is 22.9 Å². The van der Waals surface area contributed by atoms with Crippen molar-refractivity contribution in [2.24, 2.45) is 5.92 Å². The fourth-order valence-electron chi connectivity index (χ4n) is 3.61. The number of alkyl halides is 2. The molecular formula is C22H26F2N6O2. The van der Waals surface area contributed by atoms with Crippen molar-refractivity contribution < 1.29 is 18.3 Å². The molecule has 0 aliphatic carbocycles. The van der Waals surface area contributed by atoms with Crippen molar-refractivity contribution in [2.45, 2.75) is 39.7 Å². The van der Waals surface area contributed by atoms with Crippen molar-refractivity contribution in [3.63, 3.8) is 0 Å². The number of fused-ring (bicyclic) bond motifs is 1. The van der Waals surface area contributed by atoms with Crippen LogP contribution in [0.15, 0.2) is 30.3 Å². The van der Waals surface area contributed by atoms with Crippen LogP contribution in [0.2, 0.25) is 0 Å². The van der Waals surface area contributed by atoms with Crippen molar-refractivity contribution in [3.05, 3.63) is 42.0 Å². The van der Waals surface area contributed by atoms with Crippen LogP contribution >= 0.6 is 0 Å². The Morgan fingerprint density at radius 1 is 1.22 bits per heavy atom. The summed E-state index contributed by atoms with van der Waals surface area (Å²) in [5.74, 6) is 1.19. The van der Waals surface area contributed by atoms with Gasteiger partial charge in [0.1, 0.15) is 23.1 Å². The minimum absolute atomic E-state index is 0.243. The monoisotopic (exact) mass is 444 g/mol. The lowest BCUT2D eigenvalue weighted by molar-refractivity contribution is 0.000836. The van der Waals surface area contributed by atoms with Gasteiger partial charge >= 0.3 is 6.09 Å². The highest BCUT2D eigenvalue weighted by Gasteiger charge is 2.33. The number of likely N-dealkylation sites (tertiary alicyclic amines) is 1. The van der Waals surface area contributed by atoms with Gasteiger partial charge in [0, 0.05) is 31.6 Å². The minimum atomic E-state index is -2.75. The first-order chi connectivity index (χ1) is 15.1. The molecule has 1 N–H and O–H groups in total. The van der Waals surface area contributed by atoms with E-state index in [9.17, 15) is 13.6 Å². The zero-order valence-electron chi connectivity index (χ0n) is 18.5. The first-order valence-electron chi connectivity index (χ1n) is 10.4. The third-order valence-electron chi connectivity index (χ3n) is 5.02. The summed E-state index contributed by atoms with van der Waals surface area (Å²) in [5, 5.41) is 3.24. The van der Waals surface area contributed by atoms with Crippen molar-refractivity contribution in [1.82, 2.24) is 24.4 Å². The number of carbonyl (C=O) groups excluding carboxylic acids is 1. The summed E-state index contributed by atoms with van der Waals surface area (Å²) >= 11 is 0. The van der Waals surface area contributed by atoms with Crippen LogP contribution in [0.25, 0.3) is 16.9 Å². The fraction of sp³-hybridized carbons (Fsp3) is 0.455. The summed E-state index contributed by atoms with van der Waals surface area (Å²) in [4.78, 5) is 26.6. The van der Waals surface area contributed by atoms with E-state index in [2.05, 4.69) is 20.3 Å². The maximum absolute atomic E-state index is 13.7. The van der Waals surface area contributed by atoms with Crippen LogP contribution in [0.5, 0.6) is 0 Å². The molecule has 0 bridgehead atoms. The van der Waals surface area contributed by atoms with Crippen LogP contribution in [0.1, 0.15) is 38.8 Å². The highest BCUT2D eigenvalue weighted by Crippen LogP contribution is 2.28. The van der Waals surface area contributed by atoms with Gasteiger partial charge in [0.25, 0.3) is 6.43 Å². The number of benzene rings is 1. The second-order valence-corrected chi connectivity index (χ2v) is 8.89. The maximum Gasteiger partial charge on any atom is 0.410 e. The number of anilines is 1. The Morgan fingerprint density at radius 2 is 1.94 bits per heavy atom. The van der Waals surface area contributed by atoms with Gasteiger partial charge in [-0.2, -0.15) is 0 Å². The number of halogens is 2. The van der Waals surface area contributed by atoms with Gasteiger partial charge in [0.05, 0.1) is 11.0 Å². The molecule has 1 fully saturated rings. The molecule has 3 heterocycles. The lowest BCUT2D eigenvalue weighted by atomic mass is 10.0. The number of aromatic nitrogens is 4. The molecule has 8 nitrogen and oxygen atoms in total. The topological polar surface area (TPSA) is 85.2 Å². The first kappa shape index (κ1) is 21.9. The van der Waals surface area contributed by atoms with E-state index < -0.39 is 12.0 Å². The fourth-order valence-corrected chi connectivity index (χ4v) is 3.61. The predicted molar refractivity (Wildman–Crippen MR) is 116 cm³/mol. The normalized spacial score (nSPS) is 14.7. The van der Waals surface area contributed by atoms with Crippen molar-refractivity contribution in [2.75, 3.05) is 25.0 Å². The van der Waals surface area contributed by atoms with Crippen LogP contribution in [0, 0.1) is 12.8 Å². The molecule has 1 aliphatic rings. The number of nitrogens with one attached hydrogen (secondary N) is 1. The lowest BCUT2D eigenvalue weighted by Crippen LogP contribution is -2.53. The molecule has 3 aromatic rings. The standard InChI is InChI=1S/C22H26F2N6O2/c1-13-26-17(25-10-14-11-29(12-14)21(31)32-22(2,3)4)9-18(27-13)30-16-8-6-5-7-15(16)28-20(30)19(23)24/h5-9,14,19H,10-12H2,1-4H3,(H,25,26,27). The zero-order chi connectivity index (χ0) is 23.0. The second kappa shape index (κ2) is 8.33. The van der Waals surface area contributed by atoms with Crippen LogP contribution in [-0.4, -0.2) is 55.7 Å². The van der Waals surface area contributed by atoms with E-state index in [-0.39, 0.29) is 17.8 Å². The maximum atomic E-state index is 13.7. The number of ether oxygens (including phenoxy) is 1. The van der Waals surface area contributed by atoms with Gasteiger partial charge in [0.2, 0.25) is 0 Å². The number of hydrogen-bond acceptors (Lipinski definition) is 6. The number of aryl methyl sites for hydroxylation is 1. The summed E-state index contributed by atoms with van der Waals surface area (Å²) in [6.45, 7) is 8.97. The van der Waals surface area contributed by atoms with Gasteiger partial charge in [-0.05, 0) is 39.8 Å². The third kappa shape index (κ3) is 4.63. The van der Waals surface area contributed by atoms with Crippen molar-refractivity contribution in [1.29, 1.82) is 0 Å². The number of para-hydroxylation sites is 2. The van der Waals surface area contributed by atoms with Gasteiger partial charge < -0.3 is 15.0 Å². The van der Waals surface area contributed by atoms with Crippen LogP contribution < -0.4 is 5.32 Å². The van der Waals surface area contributed by atoms with E-state index in [1.54, 1.807) is 42.2 Å². The molecular weight excluding hydrogens is 418 g/mol. The van der Waals surface area contributed by atoms with E-state index in [0.717, 1.165) is 0 Å². The quantitative estimate of drug-likeness (QED) is 0.630. The Balaban J connectivity index is 1.48. The Kier molecular flexibility index (Phi) is 5.70. The van der Waals surface area contributed by atoms with Gasteiger partial charge in [-0.25, -0.2) is 28.5 Å². The van der Waals surface area contributed by atoms with Crippen LogP contribution in [-0.2, 0) is 4.74 Å². The molecule has 0 saturated carbocycles. The summed E-state index contributed by atoms with van der Waals surface area (Å²) in [6, 6.07) is 8.59. The number of imidazole rings is 1. The number of carbonyl (C=O) groups is 1. The number of nitrogens with zero attached hydrogens (tertiary/aromatic N) is 5. The molecule has 1 aliphatic heterocycles. The van der Waals surface area contributed by atoms with Gasteiger partial charge in [-0.3, -0.25) is 4.57 Å². The Bertz CT molecular complexity index is 1140. The SMILES string of the molecule is Cc1nc(NCC2CN(C(=O)OC(C)(C)C)C2)cc(-n2c(C(F)F)nc3ccccc32)n1. The van der Waals surface area contributed by atoms with E-state index in [1.807, 2.05) is 20.8 Å². The highest BCUT2D eigenvalue weighted by atomic mass is 19.3. The molecule has 1 saturated heterocycles. The molecule has 170 valence electrons. The highest BCUT2D eigenvalue weighted by molar-refractivity contribution is 5.78. The molecule has 0 radical (unpaired) electrons. The lowest BCUT2D eigenvalue weighted by Gasteiger charge is -2.39. The smallest absolute Gasteiger partial charge is 0.410 e. The van der Waals surface area contributed by atoms with E-state index in [4.69, 9.17) is 4.74 Å². The summed E-state index contributed by atoms with van der Waals surface area (Å²) in [7, 11) is 0. The largest absolute Gasteiger partial charge is 0.444 e. The number of amides is 1. The van der Waals surface area contributed by atoms with E-state index in [1.165, 1.54) is 4.57 Å². The van der Waals surface area contributed by atoms with E-state index >= 15 is 0 Å². The molecule has 1 aromatic carbocycles. The van der Waals surface area contributed by atoms with Crippen LogP contribution in [0.3, 0.4) is 0 Å². The Morgan fingerprint density at radius 3 is 2.62 bits per heavy atom. The summed E-state index contributed by atoms with van der Waals surface area (Å²) in [5.41, 5.74) is 0.508. The number of hydrogen-bond donors (Lipinski definition) is 1. The third-order valence-corrected chi connectivity index (χ3v) is 5.02. The first-order valence-corrected chi connectivity index (χ1v) is 10.4. The second-order valence-electron chi connectivity index (χ2n) is 8.89. The molecule has 4 rings (SSSR count). The predicted octanol–water partition coefficient (Wildman–Crippen LogP) is 4.34. The minimum Gasteiger partial charge on any atom is -0.444 e. The van der Waals surface area contributed by atoms with Crippen LogP contribution in [0.4, 0.5) is 19.4 Å². The Hall–Kier alpha value is -3.30. The van der Waals surface area contributed by atoms with E-state index in [0.29, 0.717) is 48.1 Å². The molecule has 32 heavy (non-hydrogen) atoms. The van der Waals surface area contributed by atoms with Gasteiger partial charge in [-0.1, -0.05) is 12.1 Å². The zero-order valence-corrected chi connectivity index (χ0v) is 18.5. The molecule has 0 spiro atoms. The van der Waals surface area contributed by atoms with Gasteiger partial charge in [0.15, 0.2) is 5.82 Å². The molecule has 0 atom stereocenters.